The maximum absolute atomic E-state index is 11.5. The van der Waals surface area contributed by atoms with Crippen molar-refractivity contribution in [2.75, 3.05) is 7.11 Å². The van der Waals surface area contributed by atoms with Crippen LogP contribution in [0.25, 0.3) is 21.7 Å². The third-order valence-corrected chi connectivity index (χ3v) is 4.91. The number of carbonyl (C=O) groups excluding carboxylic acids is 1. The third-order valence-electron chi connectivity index (χ3n) is 4.91. The number of ether oxygens (including phenoxy) is 1. The van der Waals surface area contributed by atoms with Crippen LogP contribution in [-0.4, -0.2) is 18.1 Å². The van der Waals surface area contributed by atoms with Crippen LogP contribution in [0.2, 0.25) is 0 Å². The van der Waals surface area contributed by atoms with Crippen molar-refractivity contribution in [2.45, 2.75) is 19.3 Å². The van der Waals surface area contributed by atoms with Crippen LogP contribution in [0.5, 0.6) is 0 Å². The lowest BCUT2D eigenvalue weighted by Gasteiger charge is -2.07. The van der Waals surface area contributed by atoms with E-state index < -0.39 is 0 Å². The van der Waals surface area contributed by atoms with Crippen molar-refractivity contribution in [2.24, 2.45) is 0 Å². The molecule has 0 saturated heterocycles. The fourth-order valence-electron chi connectivity index (χ4n) is 3.59. The molecule has 0 fully saturated rings. The minimum absolute atomic E-state index is 0.173. The van der Waals surface area contributed by atoms with E-state index in [0.717, 1.165) is 11.9 Å². The number of nitrogens with one attached hydrogen (secondary N) is 1. The number of H-pyrrole nitrogens is 1. The van der Waals surface area contributed by atoms with Gasteiger partial charge in [0, 0.05) is 23.5 Å². The first-order chi connectivity index (χ1) is 12.7. The van der Waals surface area contributed by atoms with Crippen LogP contribution in [0.4, 0.5) is 0 Å². The van der Waals surface area contributed by atoms with E-state index in [1.54, 1.807) is 0 Å². The average molecular weight is 343 g/mol. The van der Waals surface area contributed by atoms with Gasteiger partial charge in [-0.3, -0.25) is 4.79 Å². The number of esters is 1. The van der Waals surface area contributed by atoms with Crippen LogP contribution < -0.4 is 0 Å². The van der Waals surface area contributed by atoms with Gasteiger partial charge in [-0.25, -0.2) is 0 Å². The number of hydrogen-bond donors (Lipinski definition) is 1. The molecule has 3 nitrogen and oxygen atoms in total. The number of benzene rings is 3. The Labute approximate surface area is 152 Å². The Morgan fingerprint density at radius 1 is 0.962 bits per heavy atom. The molecule has 3 heteroatoms. The molecular weight excluding hydrogens is 322 g/mol. The summed E-state index contributed by atoms with van der Waals surface area (Å²) >= 11 is 0. The normalized spacial score (nSPS) is 11.1. The first kappa shape index (κ1) is 16.4. The van der Waals surface area contributed by atoms with E-state index in [9.17, 15) is 4.79 Å². The largest absolute Gasteiger partial charge is 0.469 e. The highest BCUT2D eigenvalue weighted by Crippen LogP contribution is 2.27. The Balaban J connectivity index is 1.68. The van der Waals surface area contributed by atoms with Crippen LogP contribution in [0.1, 0.15) is 23.1 Å². The molecule has 0 bridgehead atoms. The van der Waals surface area contributed by atoms with E-state index in [4.69, 9.17) is 4.74 Å². The molecule has 0 aliphatic heterocycles. The topological polar surface area (TPSA) is 42.1 Å². The Bertz CT molecular complexity index is 1080. The second kappa shape index (κ2) is 7.04. The molecule has 0 spiro atoms. The van der Waals surface area contributed by atoms with Gasteiger partial charge in [0.1, 0.15) is 0 Å². The standard InChI is InChI=1S/C23H21NO2/c1-26-22(25)12-11-18-7-4-8-21-23(18)20(15-24-21)14-16-9-10-17-5-2-3-6-19(17)13-16/h2-10,13,15,24H,11-12,14H2,1H3. The quantitative estimate of drug-likeness (QED) is 0.517. The third kappa shape index (κ3) is 3.21. The van der Waals surface area contributed by atoms with Gasteiger partial charge in [0.25, 0.3) is 0 Å². The van der Waals surface area contributed by atoms with E-state index in [1.807, 2.05) is 6.07 Å². The summed E-state index contributed by atoms with van der Waals surface area (Å²) in [5.41, 5.74) is 4.84. The van der Waals surface area contributed by atoms with E-state index in [0.29, 0.717) is 12.8 Å². The Hall–Kier alpha value is -3.07. The monoisotopic (exact) mass is 343 g/mol. The van der Waals surface area contributed by atoms with Crippen LogP contribution in [-0.2, 0) is 22.4 Å². The Morgan fingerprint density at radius 3 is 2.65 bits per heavy atom. The zero-order valence-electron chi connectivity index (χ0n) is 14.8. The van der Waals surface area contributed by atoms with Gasteiger partial charge in [0.2, 0.25) is 0 Å². The number of hydrogen-bond acceptors (Lipinski definition) is 2. The summed E-state index contributed by atoms with van der Waals surface area (Å²) in [6, 6.07) is 21.3. The smallest absolute Gasteiger partial charge is 0.305 e. The lowest BCUT2D eigenvalue weighted by molar-refractivity contribution is -0.140. The molecule has 0 aliphatic carbocycles. The molecule has 0 saturated carbocycles. The van der Waals surface area contributed by atoms with Crippen molar-refractivity contribution in [3.63, 3.8) is 0 Å². The number of carbonyl (C=O) groups is 1. The number of aryl methyl sites for hydroxylation is 1. The molecule has 0 amide bonds. The van der Waals surface area contributed by atoms with Crippen molar-refractivity contribution in [3.8, 4) is 0 Å². The molecule has 26 heavy (non-hydrogen) atoms. The van der Waals surface area contributed by atoms with Gasteiger partial charge in [0.05, 0.1) is 7.11 Å². The van der Waals surface area contributed by atoms with Gasteiger partial charge in [-0.15, -0.1) is 0 Å². The molecule has 0 unspecified atom stereocenters. The molecule has 1 heterocycles. The molecule has 0 aliphatic rings. The van der Waals surface area contributed by atoms with Gasteiger partial charge < -0.3 is 9.72 Å². The van der Waals surface area contributed by atoms with Gasteiger partial charge in [-0.05, 0) is 46.4 Å². The van der Waals surface area contributed by atoms with Crippen LogP contribution in [0.3, 0.4) is 0 Å². The molecule has 4 rings (SSSR count). The van der Waals surface area contributed by atoms with Gasteiger partial charge in [-0.1, -0.05) is 54.6 Å². The van der Waals surface area contributed by atoms with Gasteiger partial charge in [-0.2, -0.15) is 0 Å². The minimum Gasteiger partial charge on any atom is -0.469 e. The highest BCUT2D eigenvalue weighted by molar-refractivity contribution is 5.88. The molecule has 1 aromatic heterocycles. The summed E-state index contributed by atoms with van der Waals surface area (Å²) < 4.78 is 4.79. The summed E-state index contributed by atoms with van der Waals surface area (Å²) in [6.07, 6.45) is 4.03. The number of aromatic nitrogens is 1. The van der Waals surface area contributed by atoms with Gasteiger partial charge in [0.15, 0.2) is 0 Å². The lowest BCUT2D eigenvalue weighted by Crippen LogP contribution is -2.02. The number of rotatable bonds is 5. The fourth-order valence-corrected chi connectivity index (χ4v) is 3.59. The maximum atomic E-state index is 11.5. The Morgan fingerprint density at radius 2 is 1.81 bits per heavy atom. The average Bonchev–Trinajstić information content (AvgIpc) is 3.09. The Kier molecular flexibility index (Phi) is 4.44. The molecular formula is C23H21NO2. The molecule has 3 aromatic carbocycles. The molecule has 0 radical (unpaired) electrons. The van der Waals surface area contributed by atoms with Crippen LogP contribution in [0.15, 0.2) is 66.9 Å². The summed E-state index contributed by atoms with van der Waals surface area (Å²) in [4.78, 5) is 14.9. The molecule has 4 aromatic rings. The second-order valence-corrected chi connectivity index (χ2v) is 6.59. The summed E-state index contributed by atoms with van der Waals surface area (Å²) in [5.74, 6) is -0.173. The molecule has 130 valence electrons. The number of methoxy groups -OCH3 is 1. The zero-order chi connectivity index (χ0) is 17.9. The fraction of sp³-hybridized carbons (Fsp3) is 0.174. The molecule has 0 atom stereocenters. The van der Waals surface area contributed by atoms with E-state index in [2.05, 4.69) is 65.8 Å². The SMILES string of the molecule is COC(=O)CCc1cccc2[nH]cc(Cc3ccc4ccccc4c3)c12. The van der Waals surface area contributed by atoms with E-state index in [1.165, 1.54) is 40.0 Å². The highest BCUT2D eigenvalue weighted by atomic mass is 16.5. The van der Waals surface area contributed by atoms with Crippen molar-refractivity contribution in [3.05, 3.63) is 83.6 Å². The van der Waals surface area contributed by atoms with Crippen molar-refractivity contribution in [1.82, 2.24) is 4.98 Å². The van der Waals surface area contributed by atoms with Gasteiger partial charge >= 0.3 is 5.97 Å². The predicted octanol–water partition coefficient (Wildman–Crippen LogP) is 5.02. The second-order valence-electron chi connectivity index (χ2n) is 6.59. The first-order valence-corrected chi connectivity index (χ1v) is 8.87. The van der Waals surface area contributed by atoms with Crippen molar-refractivity contribution in [1.29, 1.82) is 0 Å². The first-order valence-electron chi connectivity index (χ1n) is 8.87. The number of aromatic amines is 1. The van der Waals surface area contributed by atoms with E-state index >= 15 is 0 Å². The van der Waals surface area contributed by atoms with Crippen LogP contribution in [0, 0.1) is 0 Å². The summed E-state index contributed by atoms with van der Waals surface area (Å²) in [6.45, 7) is 0. The zero-order valence-corrected chi connectivity index (χ0v) is 14.8. The minimum atomic E-state index is -0.173. The molecule has 1 N–H and O–H groups in total. The highest BCUT2D eigenvalue weighted by Gasteiger charge is 2.11. The predicted molar refractivity (Wildman–Crippen MR) is 105 cm³/mol. The summed E-state index contributed by atoms with van der Waals surface area (Å²) in [7, 11) is 1.43. The van der Waals surface area contributed by atoms with Crippen LogP contribution >= 0.6 is 0 Å². The van der Waals surface area contributed by atoms with Crippen molar-refractivity contribution < 1.29 is 9.53 Å². The van der Waals surface area contributed by atoms with Crippen molar-refractivity contribution >= 4 is 27.6 Å². The summed E-state index contributed by atoms with van der Waals surface area (Å²) in [5, 5.41) is 3.74. The van der Waals surface area contributed by atoms with E-state index in [-0.39, 0.29) is 5.97 Å². The maximum Gasteiger partial charge on any atom is 0.305 e. The number of fused-ring (bicyclic) bond motifs is 2. The lowest BCUT2D eigenvalue weighted by atomic mass is 9.97.